The maximum absolute atomic E-state index is 5.35. The number of hydrogen-bond donors (Lipinski definition) is 0. The molecule has 6 heteroatoms. The van der Waals surface area contributed by atoms with Gasteiger partial charge in [-0.1, -0.05) is 164 Å². The molecule has 62 heavy (non-hydrogen) atoms. The molecule has 4 heterocycles. The largest absolute Gasteiger partial charge is 0.309 e. The molecule has 0 saturated heterocycles. The Kier molecular flexibility index (Phi) is 8.38. The molecule has 0 spiro atoms. The van der Waals surface area contributed by atoms with Crippen molar-refractivity contribution >= 4 is 43.6 Å². The Hall–Kier alpha value is -8.48. The fourth-order valence-electron chi connectivity index (χ4n) is 8.95. The zero-order valence-corrected chi connectivity index (χ0v) is 33.5. The van der Waals surface area contributed by atoms with Crippen LogP contribution in [0.2, 0.25) is 0 Å². The average molecular weight is 793 g/mol. The van der Waals surface area contributed by atoms with Crippen LogP contribution in [0.1, 0.15) is 0 Å². The van der Waals surface area contributed by atoms with Crippen molar-refractivity contribution in [2.75, 3.05) is 0 Å². The summed E-state index contributed by atoms with van der Waals surface area (Å²) in [4.78, 5) is 20.9. The van der Waals surface area contributed by atoms with Gasteiger partial charge in [0.25, 0.3) is 0 Å². The van der Waals surface area contributed by atoms with Gasteiger partial charge >= 0.3 is 0 Å². The van der Waals surface area contributed by atoms with Crippen molar-refractivity contribution in [1.29, 1.82) is 0 Å². The van der Waals surface area contributed by atoms with Crippen LogP contribution in [0, 0.1) is 0 Å². The van der Waals surface area contributed by atoms with E-state index in [4.69, 9.17) is 19.9 Å². The molecule has 0 saturated carbocycles. The quantitative estimate of drug-likeness (QED) is 0.161. The summed E-state index contributed by atoms with van der Waals surface area (Å²) < 4.78 is 4.61. The van der Waals surface area contributed by atoms with Gasteiger partial charge in [-0.15, -0.1) is 0 Å². The van der Waals surface area contributed by atoms with Crippen LogP contribution in [0.3, 0.4) is 0 Å². The lowest BCUT2D eigenvalue weighted by Crippen LogP contribution is -2.04. The normalized spacial score (nSPS) is 11.5. The van der Waals surface area contributed by atoms with Crippen molar-refractivity contribution in [3.8, 4) is 67.9 Å². The highest BCUT2D eigenvalue weighted by Crippen LogP contribution is 2.39. The van der Waals surface area contributed by atoms with Crippen LogP contribution >= 0.6 is 0 Å². The van der Waals surface area contributed by atoms with Crippen molar-refractivity contribution < 1.29 is 0 Å². The highest BCUT2D eigenvalue weighted by molar-refractivity contribution is 6.10. The second-order valence-electron chi connectivity index (χ2n) is 15.5. The predicted octanol–water partition coefficient (Wildman–Crippen LogP) is 13.8. The van der Waals surface area contributed by atoms with Gasteiger partial charge in [0.1, 0.15) is 5.82 Å². The monoisotopic (exact) mass is 792 g/mol. The van der Waals surface area contributed by atoms with Gasteiger partial charge in [0.05, 0.1) is 22.1 Å². The maximum Gasteiger partial charge on any atom is 0.165 e. The molecule has 0 N–H and O–H groups in total. The second kappa shape index (κ2) is 14.7. The molecule has 0 aliphatic heterocycles. The minimum absolute atomic E-state index is 0.540. The van der Waals surface area contributed by atoms with E-state index >= 15 is 0 Å². The van der Waals surface area contributed by atoms with E-state index in [1.807, 2.05) is 36.5 Å². The molecule has 12 rings (SSSR count). The second-order valence-corrected chi connectivity index (χ2v) is 15.5. The van der Waals surface area contributed by atoms with E-state index in [1.54, 1.807) is 0 Å². The third-order valence-electron chi connectivity index (χ3n) is 11.8. The van der Waals surface area contributed by atoms with Crippen LogP contribution in [0.4, 0.5) is 0 Å². The Labute approximate surface area is 357 Å². The summed E-state index contributed by atoms with van der Waals surface area (Å²) in [5, 5.41) is 4.78. The topological polar surface area (TPSA) is 61.4 Å². The number of para-hydroxylation sites is 4. The minimum Gasteiger partial charge on any atom is -0.309 e. The van der Waals surface area contributed by atoms with E-state index in [0.29, 0.717) is 17.5 Å². The fraction of sp³-hybridized carbons (Fsp3) is 0. The molecule has 4 aromatic heterocycles. The third-order valence-corrected chi connectivity index (χ3v) is 11.8. The Bertz CT molecular complexity index is 3540. The summed E-state index contributed by atoms with van der Waals surface area (Å²) >= 11 is 0. The summed E-state index contributed by atoms with van der Waals surface area (Å²) in [5.41, 5.74) is 12.3. The van der Waals surface area contributed by atoms with Gasteiger partial charge in [-0.3, -0.25) is 4.57 Å². The number of benzene rings is 8. The first-order valence-electron chi connectivity index (χ1n) is 20.8. The Balaban J connectivity index is 1.07. The van der Waals surface area contributed by atoms with Crippen molar-refractivity contribution in [3.63, 3.8) is 0 Å². The fourth-order valence-corrected chi connectivity index (χ4v) is 8.95. The highest BCUT2D eigenvalue weighted by atomic mass is 15.1. The van der Waals surface area contributed by atoms with Gasteiger partial charge in [-0.2, -0.15) is 0 Å². The number of nitrogens with zero attached hydrogens (tertiary/aromatic N) is 6. The van der Waals surface area contributed by atoms with Crippen molar-refractivity contribution in [3.05, 3.63) is 219 Å². The van der Waals surface area contributed by atoms with E-state index in [0.717, 1.165) is 72.5 Å². The number of hydrogen-bond acceptors (Lipinski definition) is 4. The Morgan fingerprint density at radius 3 is 1.32 bits per heavy atom. The molecular formula is C56H36N6. The molecule has 12 aromatic rings. The number of pyridine rings is 1. The number of aromatic nitrogens is 6. The molecule has 0 aliphatic carbocycles. The molecule has 0 unspecified atom stereocenters. The van der Waals surface area contributed by atoms with E-state index in [-0.39, 0.29) is 0 Å². The van der Waals surface area contributed by atoms with Gasteiger partial charge < -0.3 is 4.57 Å². The lowest BCUT2D eigenvalue weighted by atomic mass is 9.98. The van der Waals surface area contributed by atoms with Crippen LogP contribution in [0.15, 0.2) is 219 Å². The lowest BCUT2D eigenvalue weighted by molar-refractivity contribution is 1.05. The molecule has 0 radical (unpaired) electrons. The molecule has 290 valence electrons. The third kappa shape index (κ3) is 5.96. The first-order valence-corrected chi connectivity index (χ1v) is 20.8. The summed E-state index contributed by atoms with van der Waals surface area (Å²) in [6.45, 7) is 0. The van der Waals surface area contributed by atoms with Gasteiger partial charge in [-0.25, -0.2) is 19.9 Å². The molecular weight excluding hydrogens is 757 g/mol. The zero-order chi connectivity index (χ0) is 41.0. The van der Waals surface area contributed by atoms with E-state index < -0.39 is 0 Å². The summed E-state index contributed by atoms with van der Waals surface area (Å²) in [6, 6.07) is 74.2. The molecule has 0 bridgehead atoms. The van der Waals surface area contributed by atoms with Crippen molar-refractivity contribution in [2.45, 2.75) is 0 Å². The smallest absolute Gasteiger partial charge is 0.165 e. The zero-order valence-electron chi connectivity index (χ0n) is 33.5. The standard InChI is InChI=1S/C56H36N6/c1-3-17-37(18-4-1)39-21-15-22-40(33-39)48-35-42(36-57-56(48)62-51-31-13-9-27-46(51)47-28-10-14-32-52(47)62)55-59-53(38-19-5-2-6-20-38)58-54(60-55)41-23-16-24-43(34-41)61-49-29-11-7-25-44(49)45-26-8-12-30-50(45)61/h1-36H. The first kappa shape index (κ1) is 35.5. The summed E-state index contributed by atoms with van der Waals surface area (Å²) in [7, 11) is 0. The molecule has 0 amide bonds. The van der Waals surface area contributed by atoms with E-state index in [1.165, 1.54) is 21.5 Å². The average Bonchev–Trinajstić information content (AvgIpc) is 3.87. The Morgan fingerprint density at radius 2 is 0.726 bits per heavy atom. The summed E-state index contributed by atoms with van der Waals surface area (Å²) in [6.07, 6.45) is 1.91. The molecule has 8 aromatic carbocycles. The highest BCUT2D eigenvalue weighted by Gasteiger charge is 2.21. The molecule has 0 aliphatic rings. The van der Waals surface area contributed by atoms with Gasteiger partial charge in [0.15, 0.2) is 17.5 Å². The lowest BCUT2D eigenvalue weighted by Gasteiger charge is -2.16. The Morgan fingerprint density at radius 1 is 0.290 bits per heavy atom. The van der Waals surface area contributed by atoms with Gasteiger partial charge in [0, 0.05) is 55.7 Å². The number of fused-ring (bicyclic) bond motifs is 6. The minimum atomic E-state index is 0.540. The van der Waals surface area contributed by atoms with Crippen LogP contribution in [-0.2, 0) is 0 Å². The predicted molar refractivity (Wildman–Crippen MR) is 253 cm³/mol. The van der Waals surface area contributed by atoms with Gasteiger partial charge in [-0.05, 0) is 65.2 Å². The van der Waals surface area contributed by atoms with Crippen molar-refractivity contribution in [1.82, 2.24) is 29.1 Å². The van der Waals surface area contributed by atoms with Crippen molar-refractivity contribution in [2.24, 2.45) is 0 Å². The SMILES string of the molecule is c1ccc(-c2cccc(-c3cc(-c4nc(-c5ccccc5)nc(-c5cccc(-n6c7ccccc7c7ccccc76)c5)n4)cnc3-n3c4ccccc4c4ccccc43)c2)cc1. The molecule has 6 nitrogen and oxygen atoms in total. The van der Waals surface area contributed by atoms with Gasteiger partial charge in [0.2, 0.25) is 0 Å². The van der Waals surface area contributed by atoms with Crippen LogP contribution < -0.4 is 0 Å². The molecule has 0 fully saturated rings. The molecule has 0 atom stereocenters. The van der Waals surface area contributed by atoms with Crippen LogP contribution in [0.25, 0.3) is 112 Å². The first-order chi connectivity index (χ1) is 30.7. The van der Waals surface area contributed by atoms with Crippen LogP contribution in [0.5, 0.6) is 0 Å². The van der Waals surface area contributed by atoms with E-state index in [9.17, 15) is 0 Å². The summed E-state index contributed by atoms with van der Waals surface area (Å²) in [5.74, 6) is 2.54. The van der Waals surface area contributed by atoms with Crippen LogP contribution in [-0.4, -0.2) is 29.1 Å². The maximum atomic E-state index is 5.35. The van der Waals surface area contributed by atoms with E-state index in [2.05, 4.69) is 191 Å². The number of rotatable bonds is 7.